The van der Waals surface area contributed by atoms with Crippen LogP contribution in [0.15, 0.2) is 0 Å². The molecule has 0 radical (unpaired) electrons. The first-order valence-electron chi connectivity index (χ1n) is 2.92. The lowest BCUT2D eigenvalue weighted by atomic mass is 9.96. The molecule has 60 valence electrons. The van der Waals surface area contributed by atoms with Gasteiger partial charge in [0, 0.05) is 13.1 Å². The first-order valence-corrected chi connectivity index (χ1v) is 2.92. The quantitative estimate of drug-likeness (QED) is 0.592. The van der Waals surface area contributed by atoms with E-state index in [2.05, 4.69) is 5.32 Å². The molecule has 1 nitrogen and oxygen atoms in total. The van der Waals surface area contributed by atoms with Crippen LogP contribution in [-0.4, -0.2) is 25.4 Å². The molecule has 1 N–H and O–H groups in total. The molecule has 5 heteroatoms. The van der Waals surface area contributed by atoms with E-state index < -0.39 is 18.3 Å². The second kappa shape index (κ2) is 2.38. The second-order valence-corrected chi connectivity index (χ2v) is 2.33. The zero-order chi connectivity index (χ0) is 7.78. The summed E-state index contributed by atoms with van der Waals surface area (Å²) in [6, 6.07) is 0. The molecule has 0 bridgehead atoms. The maximum absolute atomic E-state index is 12.2. The van der Waals surface area contributed by atoms with E-state index in [0.29, 0.717) is 0 Å². The summed E-state index contributed by atoms with van der Waals surface area (Å²) in [4.78, 5) is 0. The molecule has 0 aliphatic carbocycles. The first kappa shape index (κ1) is 7.78. The van der Waals surface area contributed by atoms with Crippen molar-refractivity contribution in [3.05, 3.63) is 0 Å². The SMILES string of the molecule is FC(F)C(F)(F)C1CNC1. The monoisotopic (exact) mass is 157 g/mol. The van der Waals surface area contributed by atoms with Gasteiger partial charge in [0.05, 0.1) is 5.92 Å². The summed E-state index contributed by atoms with van der Waals surface area (Å²) in [5.74, 6) is -4.97. The third kappa shape index (κ3) is 1.10. The Morgan fingerprint density at radius 2 is 1.80 bits per heavy atom. The van der Waals surface area contributed by atoms with Crippen LogP contribution in [-0.2, 0) is 0 Å². The van der Waals surface area contributed by atoms with Crippen molar-refractivity contribution in [1.29, 1.82) is 0 Å². The summed E-state index contributed by atoms with van der Waals surface area (Å²) in [5, 5.41) is 2.51. The van der Waals surface area contributed by atoms with Crippen LogP contribution in [0.2, 0.25) is 0 Å². The van der Waals surface area contributed by atoms with Crippen LogP contribution in [0.4, 0.5) is 17.6 Å². The van der Waals surface area contributed by atoms with Gasteiger partial charge in [-0.1, -0.05) is 0 Å². The van der Waals surface area contributed by atoms with E-state index >= 15 is 0 Å². The Morgan fingerprint density at radius 1 is 1.30 bits per heavy atom. The Kier molecular flexibility index (Phi) is 1.85. The van der Waals surface area contributed by atoms with Crippen LogP contribution in [0.1, 0.15) is 0 Å². The van der Waals surface area contributed by atoms with E-state index in [1.807, 2.05) is 0 Å². The molecule has 1 fully saturated rings. The average molecular weight is 157 g/mol. The van der Waals surface area contributed by atoms with Crippen molar-refractivity contribution in [2.24, 2.45) is 5.92 Å². The van der Waals surface area contributed by atoms with Crippen molar-refractivity contribution in [2.45, 2.75) is 12.3 Å². The standard InChI is InChI=1S/C5H7F4N/c6-4(7)5(8,9)3-1-10-2-3/h3-4,10H,1-2H2. The summed E-state index contributed by atoms with van der Waals surface area (Å²) >= 11 is 0. The van der Waals surface area contributed by atoms with Crippen LogP contribution >= 0.6 is 0 Å². The summed E-state index contributed by atoms with van der Waals surface area (Å²) in [5.41, 5.74) is 0. The molecule has 1 heterocycles. The summed E-state index contributed by atoms with van der Waals surface area (Å²) < 4.78 is 47.4. The highest BCUT2D eigenvalue weighted by Gasteiger charge is 2.50. The fourth-order valence-corrected chi connectivity index (χ4v) is 0.739. The minimum Gasteiger partial charge on any atom is -0.316 e. The highest BCUT2D eigenvalue weighted by Crippen LogP contribution is 2.33. The topological polar surface area (TPSA) is 12.0 Å². The number of halogens is 4. The lowest BCUT2D eigenvalue weighted by Crippen LogP contribution is -2.54. The molecule has 0 atom stereocenters. The first-order chi connectivity index (χ1) is 4.55. The van der Waals surface area contributed by atoms with Crippen LogP contribution < -0.4 is 5.32 Å². The zero-order valence-corrected chi connectivity index (χ0v) is 5.08. The summed E-state index contributed by atoms with van der Waals surface area (Å²) in [6.07, 6.45) is -3.53. The molecule has 1 saturated heterocycles. The molecule has 1 aliphatic rings. The van der Waals surface area contributed by atoms with Gasteiger partial charge in [-0.25, -0.2) is 8.78 Å². The number of hydrogen-bond donors (Lipinski definition) is 1. The van der Waals surface area contributed by atoms with E-state index in [1.165, 1.54) is 0 Å². The van der Waals surface area contributed by atoms with Crippen LogP contribution in [0.3, 0.4) is 0 Å². The van der Waals surface area contributed by atoms with Crippen molar-refractivity contribution in [3.63, 3.8) is 0 Å². The van der Waals surface area contributed by atoms with Crippen molar-refractivity contribution in [2.75, 3.05) is 13.1 Å². The van der Waals surface area contributed by atoms with Gasteiger partial charge in [-0.15, -0.1) is 0 Å². The number of rotatable bonds is 2. The van der Waals surface area contributed by atoms with Gasteiger partial charge in [-0.05, 0) is 0 Å². The predicted octanol–water partition coefficient (Wildman–Crippen LogP) is 1.11. The van der Waals surface area contributed by atoms with Gasteiger partial charge in [-0.3, -0.25) is 0 Å². The summed E-state index contributed by atoms with van der Waals surface area (Å²) in [7, 11) is 0. The van der Waals surface area contributed by atoms with E-state index in [0.717, 1.165) is 0 Å². The van der Waals surface area contributed by atoms with Gasteiger partial charge in [0.2, 0.25) is 0 Å². The Balaban J connectivity index is 2.48. The van der Waals surface area contributed by atoms with Gasteiger partial charge < -0.3 is 5.32 Å². The molecule has 0 unspecified atom stereocenters. The normalized spacial score (nSPS) is 21.3. The molecule has 1 rings (SSSR count). The molecular weight excluding hydrogens is 150 g/mol. The minimum absolute atomic E-state index is 0.00264. The third-order valence-corrected chi connectivity index (χ3v) is 1.62. The van der Waals surface area contributed by atoms with Crippen LogP contribution in [0, 0.1) is 5.92 Å². The molecular formula is C5H7F4N. The third-order valence-electron chi connectivity index (χ3n) is 1.62. The predicted molar refractivity (Wildman–Crippen MR) is 27.3 cm³/mol. The smallest absolute Gasteiger partial charge is 0.312 e. The Bertz CT molecular complexity index is 121. The van der Waals surface area contributed by atoms with E-state index in [-0.39, 0.29) is 13.1 Å². The lowest BCUT2D eigenvalue weighted by molar-refractivity contribution is -0.175. The largest absolute Gasteiger partial charge is 0.316 e. The number of nitrogens with one attached hydrogen (secondary N) is 1. The van der Waals surface area contributed by atoms with Crippen LogP contribution in [0.25, 0.3) is 0 Å². The molecule has 10 heavy (non-hydrogen) atoms. The number of alkyl halides is 4. The second-order valence-electron chi connectivity index (χ2n) is 2.33. The lowest BCUT2D eigenvalue weighted by Gasteiger charge is -2.33. The Hall–Kier alpha value is -0.320. The highest BCUT2D eigenvalue weighted by atomic mass is 19.3. The maximum Gasteiger partial charge on any atom is 0.312 e. The van der Waals surface area contributed by atoms with Crippen molar-refractivity contribution in [3.8, 4) is 0 Å². The maximum atomic E-state index is 12.2. The van der Waals surface area contributed by atoms with Crippen LogP contribution in [0.5, 0.6) is 0 Å². The van der Waals surface area contributed by atoms with Crippen molar-refractivity contribution < 1.29 is 17.6 Å². The molecule has 0 aromatic carbocycles. The van der Waals surface area contributed by atoms with Crippen molar-refractivity contribution in [1.82, 2.24) is 5.32 Å². The van der Waals surface area contributed by atoms with Gasteiger partial charge in [0.25, 0.3) is 0 Å². The van der Waals surface area contributed by atoms with Crippen molar-refractivity contribution >= 4 is 0 Å². The van der Waals surface area contributed by atoms with Gasteiger partial charge >= 0.3 is 12.3 Å². The molecule has 0 spiro atoms. The average Bonchev–Trinajstić information content (AvgIpc) is 1.57. The van der Waals surface area contributed by atoms with Gasteiger partial charge in [0.15, 0.2) is 0 Å². The molecule has 0 amide bonds. The number of hydrogen-bond acceptors (Lipinski definition) is 1. The fraction of sp³-hybridized carbons (Fsp3) is 1.00. The summed E-state index contributed by atoms with van der Waals surface area (Å²) in [6.45, 7) is -0.00528. The molecule has 0 aromatic heterocycles. The van der Waals surface area contributed by atoms with E-state index in [4.69, 9.17) is 0 Å². The molecule has 1 aliphatic heterocycles. The minimum atomic E-state index is -3.80. The Labute approximate surface area is 55.4 Å². The molecule has 0 saturated carbocycles. The van der Waals surface area contributed by atoms with Gasteiger partial charge in [0.1, 0.15) is 0 Å². The van der Waals surface area contributed by atoms with E-state index in [1.54, 1.807) is 0 Å². The fourth-order valence-electron chi connectivity index (χ4n) is 0.739. The zero-order valence-electron chi connectivity index (χ0n) is 5.08. The molecule has 0 aromatic rings. The Morgan fingerprint density at radius 3 is 1.90 bits per heavy atom. The van der Waals surface area contributed by atoms with E-state index in [9.17, 15) is 17.6 Å². The van der Waals surface area contributed by atoms with Gasteiger partial charge in [-0.2, -0.15) is 8.78 Å². The highest BCUT2D eigenvalue weighted by molar-refractivity contribution is 4.88.